The molecule has 1 saturated carbocycles. The van der Waals surface area contributed by atoms with Crippen LogP contribution in [-0.2, 0) is 9.53 Å². The first-order chi connectivity index (χ1) is 16.9. The number of halogens is 1. The number of hydrogen-bond donors (Lipinski definition) is 3. The van der Waals surface area contributed by atoms with Crippen LogP contribution in [-0.4, -0.2) is 36.2 Å². The van der Waals surface area contributed by atoms with Crippen molar-refractivity contribution in [1.29, 1.82) is 0 Å². The van der Waals surface area contributed by atoms with Gasteiger partial charge in [0.25, 0.3) is 0 Å². The van der Waals surface area contributed by atoms with Crippen molar-refractivity contribution in [2.75, 3.05) is 18.5 Å². The van der Waals surface area contributed by atoms with E-state index in [1.165, 1.54) is 23.3 Å². The van der Waals surface area contributed by atoms with Crippen molar-refractivity contribution in [1.82, 2.24) is 5.32 Å². The fraction of sp³-hybridized carbons (Fsp3) is 0.222. The SMILES string of the molecule is O=C(NC[C@@H]1C[C@@H]1C(=O)Nc1cc(C(=O)O)ccc1I)OCC1c2ccccc2-c2ccccc21. The van der Waals surface area contributed by atoms with Crippen LogP contribution in [0.4, 0.5) is 10.5 Å². The number of benzene rings is 3. The molecule has 0 radical (unpaired) electrons. The van der Waals surface area contributed by atoms with Crippen molar-refractivity contribution >= 4 is 46.2 Å². The molecule has 35 heavy (non-hydrogen) atoms. The molecule has 0 aromatic heterocycles. The number of rotatable bonds is 7. The zero-order chi connectivity index (χ0) is 24.5. The number of carbonyl (C=O) groups is 3. The fourth-order valence-electron chi connectivity index (χ4n) is 4.64. The van der Waals surface area contributed by atoms with Crippen molar-refractivity contribution in [3.63, 3.8) is 0 Å². The Hall–Kier alpha value is -3.40. The van der Waals surface area contributed by atoms with Crippen LogP contribution >= 0.6 is 22.6 Å². The Bertz CT molecular complexity index is 1280. The maximum atomic E-state index is 12.6. The van der Waals surface area contributed by atoms with Crippen LogP contribution in [0.1, 0.15) is 33.8 Å². The lowest BCUT2D eigenvalue weighted by Crippen LogP contribution is -2.29. The number of carboxylic acids is 1. The summed E-state index contributed by atoms with van der Waals surface area (Å²) in [6.07, 6.45) is 0.159. The molecule has 0 saturated heterocycles. The molecule has 8 heteroatoms. The van der Waals surface area contributed by atoms with Crippen molar-refractivity contribution in [3.8, 4) is 11.1 Å². The van der Waals surface area contributed by atoms with Gasteiger partial charge in [0.1, 0.15) is 6.61 Å². The van der Waals surface area contributed by atoms with E-state index in [9.17, 15) is 14.4 Å². The molecule has 2 atom stereocenters. The maximum absolute atomic E-state index is 12.6. The topological polar surface area (TPSA) is 105 Å². The highest BCUT2D eigenvalue weighted by atomic mass is 127. The first-order valence-electron chi connectivity index (χ1n) is 11.3. The van der Waals surface area contributed by atoms with Gasteiger partial charge in [-0.3, -0.25) is 4.79 Å². The quantitative estimate of drug-likeness (QED) is 0.337. The van der Waals surface area contributed by atoms with Gasteiger partial charge >= 0.3 is 12.1 Å². The monoisotopic (exact) mass is 582 g/mol. The zero-order valence-electron chi connectivity index (χ0n) is 18.7. The Balaban J connectivity index is 1.11. The van der Waals surface area contributed by atoms with Gasteiger partial charge in [-0.25, -0.2) is 9.59 Å². The van der Waals surface area contributed by atoms with Gasteiger partial charge in [-0.05, 0) is 75.4 Å². The summed E-state index contributed by atoms with van der Waals surface area (Å²) in [6, 6.07) is 20.9. The van der Waals surface area contributed by atoms with Crippen LogP contribution < -0.4 is 10.6 Å². The molecule has 2 aliphatic carbocycles. The highest BCUT2D eigenvalue weighted by Gasteiger charge is 2.43. The van der Waals surface area contributed by atoms with Crippen LogP contribution in [0, 0.1) is 15.4 Å². The normalized spacial score (nSPS) is 17.7. The van der Waals surface area contributed by atoms with E-state index in [1.807, 2.05) is 24.3 Å². The molecule has 7 nitrogen and oxygen atoms in total. The highest BCUT2D eigenvalue weighted by molar-refractivity contribution is 14.1. The van der Waals surface area contributed by atoms with Gasteiger partial charge < -0.3 is 20.5 Å². The second kappa shape index (κ2) is 9.69. The predicted molar refractivity (Wildman–Crippen MR) is 139 cm³/mol. The lowest BCUT2D eigenvalue weighted by molar-refractivity contribution is -0.117. The van der Waals surface area contributed by atoms with E-state index in [1.54, 1.807) is 6.07 Å². The molecule has 0 aliphatic heterocycles. The fourth-order valence-corrected chi connectivity index (χ4v) is 5.11. The van der Waals surface area contributed by atoms with Gasteiger partial charge in [0.05, 0.1) is 11.3 Å². The van der Waals surface area contributed by atoms with Crippen LogP contribution in [0.5, 0.6) is 0 Å². The number of nitrogens with one attached hydrogen (secondary N) is 2. The van der Waals surface area contributed by atoms with Crippen LogP contribution in [0.25, 0.3) is 11.1 Å². The summed E-state index contributed by atoms with van der Waals surface area (Å²) in [7, 11) is 0. The molecule has 178 valence electrons. The van der Waals surface area contributed by atoms with Gasteiger partial charge in [0.15, 0.2) is 0 Å². The molecule has 3 aromatic rings. The average Bonchev–Trinajstić information content (AvgIpc) is 3.58. The van der Waals surface area contributed by atoms with Crippen molar-refractivity contribution in [2.24, 2.45) is 11.8 Å². The predicted octanol–water partition coefficient (Wildman–Crippen LogP) is 5.10. The molecular weight excluding hydrogens is 559 g/mol. The maximum Gasteiger partial charge on any atom is 0.407 e. The number of alkyl carbamates (subject to hydrolysis) is 1. The molecule has 2 amide bonds. The van der Waals surface area contributed by atoms with Crippen LogP contribution in [0.15, 0.2) is 66.7 Å². The largest absolute Gasteiger partial charge is 0.478 e. The Kier molecular flexibility index (Phi) is 6.46. The Morgan fingerprint density at radius 1 is 0.971 bits per heavy atom. The van der Waals surface area contributed by atoms with E-state index in [2.05, 4.69) is 57.5 Å². The van der Waals surface area contributed by atoms with Crippen molar-refractivity contribution in [2.45, 2.75) is 12.3 Å². The molecule has 3 N–H and O–H groups in total. The number of carboxylic acid groups (broad SMARTS) is 1. The first kappa shape index (κ1) is 23.3. The number of aromatic carboxylic acids is 1. The van der Waals surface area contributed by atoms with E-state index >= 15 is 0 Å². The third-order valence-corrected chi connectivity index (χ3v) is 7.52. The van der Waals surface area contributed by atoms with Gasteiger partial charge in [-0.15, -0.1) is 0 Å². The number of hydrogen-bond acceptors (Lipinski definition) is 4. The zero-order valence-corrected chi connectivity index (χ0v) is 20.8. The summed E-state index contributed by atoms with van der Waals surface area (Å²) < 4.78 is 6.31. The third-order valence-electron chi connectivity index (χ3n) is 6.58. The van der Waals surface area contributed by atoms with Gasteiger partial charge in [0, 0.05) is 22.0 Å². The van der Waals surface area contributed by atoms with Crippen LogP contribution in [0.3, 0.4) is 0 Å². The van der Waals surface area contributed by atoms with Gasteiger partial charge in [0.2, 0.25) is 5.91 Å². The smallest absolute Gasteiger partial charge is 0.407 e. The molecule has 0 heterocycles. The number of fused-ring (bicyclic) bond motifs is 3. The summed E-state index contributed by atoms with van der Waals surface area (Å²) >= 11 is 2.05. The molecule has 0 unspecified atom stereocenters. The van der Waals surface area contributed by atoms with E-state index in [0.717, 1.165) is 14.7 Å². The molecule has 2 aliphatic rings. The summed E-state index contributed by atoms with van der Waals surface area (Å²) in [5.74, 6) is -1.43. The Labute approximate surface area is 216 Å². The number of anilines is 1. The van der Waals surface area contributed by atoms with Gasteiger partial charge in [-0.2, -0.15) is 0 Å². The third kappa shape index (κ3) is 4.88. The summed E-state index contributed by atoms with van der Waals surface area (Å²) in [6.45, 7) is 0.591. The number of ether oxygens (including phenoxy) is 1. The van der Waals surface area contributed by atoms with Crippen molar-refractivity contribution in [3.05, 3.63) is 87.0 Å². The van der Waals surface area contributed by atoms with Gasteiger partial charge in [-0.1, -0.05) is 48.5 Å². The van der Waals surface area contributed by atoms with E-state index in [-0.39, 0.29) is 35.8 Å². The minimum Gasteiger partial charge on any atom is -0.478 e. The first-order valence-corrected chi connectivity index (χ1v) is 12.4. The lowest BCUT2D eigenvalue weighted by Gasteiger charge is -2.14. The number of amides is 2. The Morgan fingerprint density at radius 3 is 2.29 bits per heavy atom. The average molecular weight is 582 g/mol. The highest BCUT2D eigenvalue weighted by Crippen LogP contribution is 2.44. The molecular formula is C27H23IN2O5. The molecule has 0 spiro atoms. The molecule has 5 rings (SSSR count). The molecule has 1 fully saturated rings. The minimum atomic E-state index is -1.05. The molecule has 3 aromatic carbocycles. The number of carbonyl (C=O) groups excluding carboxylic acids is 2. The summed E-state index contributed by atoms with van der Waals surface area (Å²) in [5, 5.41) is 14.8. The second-order valence-corrected chi connectivity index (χ2v) is 9.96. The van der Waals surface area contributed by atoms with E-state index in [0.29, 0.717) is 18.7 Å². The standard InChI is InChI=1S/C27H23IN2O5/c28-23-10-9-15(26(32)33)12-24(23)30-25(31)21-11-16(21)13-29-27(34)35-14-22-19-7-3-1-5-17(19)18-6-2-4-8-20(18)22/h1-10,12,16,21-22H,11,13-14H2,(H,29,34)(H,30,31)(H,32,33)/t16-,21-/m0/s1. The lowest BCUT2D eigenvalue weighted by atomic mass is 9.98. The van der Waals surface area contributed by atoms with Crippen LogP contribution in [0.2, 0.25) is 0 Å². The Morgan fingerprint density at radius 2 is 1.63 bits per heavy atom. The van der Waals surface area contributed by atoms with E-state index < -0.39 is 12.1 Å². The summed E-state index contributed by atoms with van der Waals surface area (Å²) in [5.41, 5.74) is 5.25. The minimum absolute atomic E-state index is 0.00311. The second-order valence-electron chi connectivity index (χ2n) is 8.80. The summed E-state index contributed by atoms with van der Waals surface area (Å²) in [4.78, 5) is 36.2. The van der Waals surface area contributed by atoms with Crippen molar-refractivity contribution < 1.29 is 24.2 Å². The van der Waals surface area contributed by atoms with E-state index in [4.69, 9.17) is 9.84 Å². The molecule has 0 bridgehead atoms.